The van der Waals surface area contributed by atoms with Crippen molar-refractivity contribution in [1.82, 2.24) is 10.5 Å². The van der Waals surface area contributed by atoms with Crippen LogP contribution in [0.1, 0.15) is 46.5 Å². The molecule has 5 rings (SSSR count). The maximum Gasteiger partial charge on any atom is 0.256 e. The summed E-state index contributed by atoms with van der Waals surface area (Å²) < 4.78 is 17.1. The van der Waals surface area contributed by atoms with Crippen LogP contribution in [0.5, 0.6) is 11.5 Å². The van der Waals surface area contributed by atoms with E-state index in [9.17, 15) is 4.79 Å². The quantitative estimate of drug-likeness (QED) is 0.551. The van der Waals surface area contributed by atoms with Gasteiger partial charge in [0.2, 0.25) is 0 Å². The van der Waals surface area contributed by atoms with E-state index < -0.39 is 0 Å². The van der Waals surface area contributed by atoms with Gasteiger partial charge in [0.1, 0.15) is 28.9 Å². The Morgan fingerprint density at radius 3 is 2.52 bits per heavy atom. The maximum atomic E-state index is 12.2. The van der Waals surface area contributed by atoms with Gasteiger partial charge in [-0.1, -0.05) is 17.3 Å². The van der Waals surface area contributed by atoms with Crippen LogP contribution >= 0.6 is 0 Å². The number of anilines is 1. The first kappa shape index (κ1) is 21.4. The van der Waals surface area contributed by atoms with Crippen molar-refractivity contribution >= 4 is 11.6 Å². The van der Waals surface area contributed by atoms with Gasteiger partial charge >= 0.3 is 0 Å². The second-order valence-corrected chi connectivity index (χ2v) is 8.86. The molecule has 1 N–H and O–H groups in total. The smallest absolute Gasteiger partial charge is 0.256 e. The second-order valence-electron chi connectivity index (χ2n) is 8.86. The van der Waals surface area contributed by atoms with Gasteiger partial charge in [-0.25, -0.2) is 0 Å². The molecule has 0 bridgehead atoms. The van der Waals surface area contributed by atoms with Crippen molar-refractivity contribution in [3.63, 3.8) is 0 Å². The highest BCUT2D eigenvalue weighted by atomic mass is 16.5. The third-order valence-corrected chi connectivity index (χ3v) is 6.16. The Bertz CT molecular complexity index is 1120. The van der Waals surface area contributed by atoms with Crippen LogP contribution in [-0.2, 0) is 6.54 Å². The van der Waals surface area contributed by atoms with E-state index in [1.807, 2.05) is 24.3 Å². The summed E-state index contributed by atoms with van der Waals surface area (Å²) in [4.78, 5) is 14.6. The molecule has 2 heterocycles. The lowest BCUT2D eigenvalue weighted by molar-refractivity contribution is 0.0949. The number of carbonyl (C=O) groups excluding carboxylic acids is 1. The van der Waals surface area contributed by atoms with Crippen molar-refractivity contribution in [2.45, 2.75) is 51.9 Å². The van der Waals surface area contributed by atoms with Gasteiger partial charge in [-0.15, -0.1) is 0 Å². The zero-order valence-electron chi connectivity index (χ0n) is 19.0. The zero-order chi connectivity index (χ0) is 22.8. The highest BCUT2D eigenvalue weighted by Crippen LogP contribution is 2.32. The summed E-state index contributed by atoms with van der Waals surface area (Å²) >= 11 is 0. The number of benzene rings is 2. The van der Waals surface area contributed by atoms with E-state index in [1.165, 1.54) is 30.3 Å². The van der Waals surface area contributed by atoms with Gasteiger partial charge in [0, 0.05) is 25.2 Å². The molecule has 0 unspecified atom stereocenters. The molecule has 0 spiro atoms. The van der Waals surface area contributed by atoms with E-state index in [1.54, 1.807) is 6.92 Å². The Kier molecular flexibility index (Phi) is 5.94. The van der Waals surface area contributed by atoms with Crippen molar-refractivity contribution in [2.75, 3.05) is 18.0 Å². The minimum absolute atomic E-state index is 0.147. The molecule has 1 aliphatic heterocycles. The number of ether oxygens (including phenoxy) is 2. The summed E-state index contributed by atoms with van der Waals surface area (Å²) in [7, 11) is 0. The monoisotopic (exact) mass is 447 g/mol. The molecule has 7 nitrogen and oxygen atoms in total. The fourth-order valence-corrected chi connectivity index (χ4v) is 4.15. The highest BCUT2D eigenvalue weighted by Gasteiger charge is 2.26. The summed E-state index contributed by atoms with van der Waals surface area (Å²) in [5.41, 5.74) is 3.95. The predicted molar refractivity (Wildman–Crippen MR) is 125 cm³/mol. The van der Waals surface area contributed by atoms with E-state index in [0.29, 0.717) is 24.0 Å². The summed E-state index contributed by atoms with van der Waals surface area (Å²) in [6, 6.07) is 14.3. The standard InChI is InChI=1S/C26H29N3O4/c1-17-13-22(31-21-7-8-21)9-10-25(17)29-12-11-23(16-29)32-20-5-3-19(4-6-20)14-27-26(30)24-15-28-33-18(24)2/h3-6,9-10,13,15,21,23H,7-8,11-12,14,16H2,1-2H3,(H,27,30)/t23-/m1/s1. The topological polar surface area (TPSA) is 76.8 Å². The molecule has 1 saturated heterocycles. The molecule has 2 aromatic carbocycles. The molecule has 0 radical (unpaired) electrons. The third-order valence-electron chi connectivity index (χ3n) is 6.16. The number of aromatic nitrogens is 1. The minimum Gasteiger partial charge on any atom is -0.490 e. The van der Waals surface area contributed by atoms with Crippen molar-refractivity contribution < 1.29 is 18.8 Å². The van der Waals surface area contributed by atoms with Crippen molar-refractivity contribution in [3.8, 4) is 11.5 Å². The number of nitrogens with one attached hydrogen (secondary N) is 1. The number of nitrogens with zero attached hydrogens (tertiary/aromatic N) is 2. The molecule has 1 amide bonds. The molecule has 7 heteroatoms. The van der Waals surface area contributed by atoms with Crippen molar-refractivity contribution in [1.29, 1.82) is 0 Å². The van der Waals surface area contributed by atoms with Crippen molar-refractivity contribution in [2.24, 2.45) is 0 Å². The summed E-state index contributed by atoms with van der Waals surface area (Å²) in [5.74, 6) is 2.14. The SMILES string of the molecule is Cc1cc(OC2CC2)ccc1N1CC[C@@H](Oc2ccc(CNC(=O)c3cnoc3C)cc2)C1. The van der Waals surface area contributed by atoms with Gasteiger partial charge in [-0.2, -0.15) is 0 Å². The van der Waals surface area contributed by atoms with Crippen LogP contribution in [0, 0.1) is 13.8 Å². The average molecular weight is 448 g/mol. The Morgan fingerprint density at radius 2 is 1.82 bits per heavy atom. The third kappa shape index (κ3) is 5.13. The average Bonchev–Trinajstić information content (AvgIpc) is 3.32. The van der Waals surface area contributed by atoms with Gasteiger partial charge in [0.15, 0.2) is 0 Å². The van der Waals surface area contributed by atoms with Crippen LogP contribution in [0.25, 0.3) is 0 Å². The molecular formula is C26H29N3O4. The van der Waals surface area contributed by atoms with Gasteiger partial charge < -0.3 is 24.2 Å². The van der Waals surface area contributed by atoms with Crippen LogP contribution in [0.15, 0.2) is 53.2 Å². The fourth-order valence-electron chi connectivity index (χ4n) is 4.15. The lowest BCUT2D eigenvalue weighted by Gasteiger charge is -2.22. The number of hydrogen-bond donors (Lipinski definition) is 1. The summed E-state index contributed by atoms with van der Waals surface area (Å²) in [5, 5.41) is 6.53. The number of hydrogen-bond acceptors (Lipinski definition) is 6. The molecule has 33 heavy (non-hydrogen) atoms. The highest BCUT2D eigenvalue weighted by molar-refractivity contribution is 5.94. The lowest BCUT2D eigenvalue weighted by atomic mass is 10.1. The molecule has 1 atom stereocenters. The zero-order valence-corrected chi connectivity index (χ0v) is 19.0. The van der Waals surface area contributed by atoms with Gasteiger partial charge in [-0.05, 0) is 68.1 Å². The number of aryl methyl sites for hydroxylation is 2. The van der Waals surface area contributed by atoms with Gasteiger partial charge in [-0.3, -0.25) is 4.79 Å². The molecular weight excluding hydrogens is 418 g/mol. The summed E-state index contributed by atoms with van der Waals surface area (Å²) in [6.45, 7) is 6.13. The molecule has 2 aliphatic rings. The maximum absolute atomic E-state index is 12.2. The van der Waals surface area contributed by atoms with Gasteiger partial charge in [0.05, 0.1) is 18.8 Å². The largest absolute Gasteiger partial charge is 0.490 e. The van der Waals surface area contributed by atoms with E-state index in [4.69, 9.17) is 14.0 Å². The number of rotatable bonds is 8. The van der Waals surface area contributed by atoms with Crippen LogP contribution in [0.2, 0.25) is 0 Å². The Morgan fingerprint density at radius 1 is 1.06 bits per heavy atom. The second kappa shape index (κ2) is 9.17. The molecule has 3 aromatic rings. The number of amides is 1. The molecule has 172 valence electrons. The predicted octanol–water partition coefficient (Wildman–Crippen LogP) is 4.42. The number of carbonyl (C=O) groups is 1. The van der Waals surface area contributed by atoms with Crippen LogP contribution in [0.4, 0.5) is 5.69 Å². The molecule has 2 fully saturated rings. The Balaban J connectivity index is 1.12. The lowest BCUT2D eigenvalue weighted by Crippen LogP contribution is -2.25. The van der Waals surface area contributed by atoms with Crippen LogP contribution in [0.3, 0.4) is 0 Å². The minimum atomic E-state index is -0.192. The van der Waals surface area contributed by atoms with Crippen molar-refractivity contribution in [3.05, 3.63) is 71.1 Å². The summed E-state index contributed by atoms with van der Waals surface area (Å²) in [6.07, 6.45) is 5.32. The molecule has 1 aliphatic carbocycles. The van der Waals surface area contributed by atoms with Gasteiger partial charge in [0.25, 0.3) is 5.91 Å². The van der Waals surface area contributed by atoms with E-state index >= 15 is 0 Å². The van der Waals surface area contributed by atoms with Crippen LogP contribution < -0.4 is 19.7 Å². The Labute approximate surface area is 193 Å². The first-order valence-electron chi connectivity index (χ1n) is 11.5. The first-order valence-corrected chi connectivity index (χ1v) is 11.5. The van der Waals surface area contributed by atoms with E-state index in [0.717, 1.165) is 36.6 Å². The van der Waals surface area contributed by atoms with Crippen LogP contribution in [-0.4, -0.2) is 36.4 Å². The fraction of sp³-hybridized carbons (Fsp3) is 0.385. The normalized spacial score (nSPS) is 17.8. The first-order chi connectivity index (χ1) is 16.0. The van der Waals surface area contributed by atoms with E-state index in [-0.39, 0.29) is 12.0 Å². The Hall–Kier alpha value is -3.48. The molecule has 1 aromatic heterocycles. The molecule has 1 saturated carbocycles. The van der Waals surface area contributed by atoms with E-state index in [2.05, 4.69) is 40.5 Å².